The highest BCUT2D eigenvalue weighted by atomic mass is 16.5. The number of hydrogen-bond acceptors (Lipinski definition) is 3. The van der Waals surface area contributed by atoms with Gasteiger partial charge in [-0.2, -0.15) is 0 Å². The molecule has 1 aromatic rings. The summed E-state index contributed by atoms with van der Waals surface area (Å²) in [5, 5.41) is 6.26. The van der Waals surface area contributed by atoms with Gasteiger partial charge >= 0.3 is 0 Å². The van der Waals surface area contributed by atoms with Gasteiger partial charge in [-0.25, -0.2) is 0 Å². The molecule has 1 aliphatic rings. The van der Waals surface area contributed by atoms with E-state index in [2.05, 4.69) is 17.6 Å². The lowest BCUT2D eigenvalue weighted by Crippen LogP contribution is -2.19. The van der Waals surface area contributed by atoms with Gasteiger partial charge < -0.3 is 15.4 Å². The molecule has 1 fully saturated rings. The second-order valence-electron chi connectivity index (χ2n) is 4.83. The van der Waals surface area contributed by atoms with Gasteiger partial charge in [-0.15, -0.1) is 0 Å². The van der Waals surface area contributed by atoms with Gasteiger partial charge in [0, 0.05) is 24.5 Å². The lowest BCUT2D eigenvalue weighted by Gasteiger charge is -2.15. The standard InChI is InChI=1S/C14H20N2O2/c1-10(11-6-7-11)15-12-4-3-5-13(8-12)16-14(17)9-18-2/h3-5,8,10-11,15H,6-7,9H2,1-2H3,(H,16,17). The lowest BCUT2D eigenvalue weighted by molar-refractivity contribution is -0.119. The Bertz CT molecular complexity index is 416. The van der Waals surface area contributed by atoms with E-state index in [1.165, 1.54) is 20.0 Å². The minimum Gasteiger partial charge on any atom is -0.382 e. The number of carbonyl (C=O) groups excluding carboxylic acids is 1. The molecule has 0 radical (unpaired) electrons. The predicted molar refractivity (Wildman–Crippen MR) is 72.8 cm³/mol. The molecule has 1 aromatic carbocycles. The molecule has 1 unspecified atom stereocenters. The second-order valence-corrected chi connectivity index (χ2v) is 4.83. The number of ether oxygens (including phenoxy) is 1. The maximum atomic E-state index is 11.4. The highest BCUT2D eigenvalue weighted by Gasteiger charge is 2.27. The van der Waals surface area contributed by atoms with Crippen molar-refractivity contribution in [2.75, 3.05) is 24.4 Å². The highest BCUT2D eigenvalue weighted by molar-refractivity contribution is 5.92. The van der Waals surface area contributed by atoms with Gasteiger partial charge in [-0.1, -0.05) is 6.07 Å². The first kappa shape index (κ1) is 12.9. The van der Waals surface area contributed by atoms with E-state index in [0.29, 0.717) is 6.04 Å². The molecule has 0 bridgehead atoms. The van der Waals surface area contributed by atoms with Crippen LogP contribution in [-0.2, 0) is 9.53 Å². The number of methoxy groups -OCH3 is 1. The van der Waals surface area contributed by atoms with Crippen LogP contribution in [0, 0.1) is 5.92 Å². The molecule has 2 rings (SSSR count). The zero-order valence-electron chi connectivity index (χ0n) is 10.9. The molecular weight excluding hydrogens is 228 g/mol. The molecule has 1 atom stereocenters. The molecular formula is C14H20N2O2. The van der Waals surface area contributed by atoms with E-state index in [-0.39, 0.29) is 12.5 Å². The van der Waals surface area contributed by atoms with Crippen molar-refractivity contribution in [2.24, 2.45) is 5.92 Å². The smallest absolute Gasteiger partial charge is 0.250 e. The van der Waals surface area contributed by atoms with Crippen molar-refractivity contribution in [1.82, 2.24) is 0 Å². The number of rotatable bonds is 6. The van der Waals surface area contributed by atoms with Gasteiger partial charge in [-0.3, -0.25) is 4.79 Å². The molecule has 0 spiro atoms. The molecule has 2 N–H and O–H groups in total. The fourth-order valence-corrected chi connectivity index (χ4v) is 1.99. The van der Waals surface area contributed by atoms with Crippen LogP contribution in [0.3, 0.4) is 0 Å². The second kappa shape index (κ2) is 5.87. The van der Waals surface area contributed by atoms with Crippen LogP contribution in [0.4, 0.5) is 11.4 Å². The molecule has 0 aliphatic heterocycles. The molecule has 18 heavy (non-hydrogen) atoms. The van der Waals surface area contributed by atoms with Crippen LogP contribution in [-0.4, -0.2) is 25.7 Å². The van der Waals surface area contributed by atoms with Crippen molar-refractivity contribution < 1.29 is 9.53 Å². The van der Waals surface area contributed by atoms with E-state index in [9.17, 15) is 4.79 Å². The van der Waals surface area contributed by atoms with Crippen molar-refractivity contribution in [1.29, 1.82) is 0 Å². The maximum absolute atomic E-state index is 11.4. The first-order valence-electron chi connectivity index (χ1n) is 6.34. The summed E-state index contributed by atoms with van der Waals surface area (Å²) in [6, 6.07) is 8.28. The van der Waals surface area contributed by atoms with Crippen LogP contribution in [0.15, 0.2) is 24.3 Å². The van der Waals surface area contributed by atoms with Crippen LogP contribution in [0.5, 0.6) is 0 Å². The normalized spacial score (nSPS) is 16.1. The first-order chi connectivity index (χ1) is 8.69. The van der Waals surface area contributed by atoms with Gasteiger partial charge in [0.05, 0.1) is 0 Å². The van der Waals surface area contributed by atoms with E-state index in [1.54, 1.807) is 0 Å². The maximum Gasteiger partial charge on any atom is 0.250 e. The number of amides is 1. The van der Waals surface area contributed by atoms with E-state index in [4.69, 9.17) is 4.74 Å². The number of benzene rings is 1. The summed E-state index contributed by atoms with van der Waals surface area (Å²) in [5.74, 6) is 0.668. The zero-order chi connectivity index (χ0) is 13.0. The van der Waals surface area contributed by atoms with Gasteiger partial charge in [-0.05, 0) is 43.9 Å². The minimum absolute atomic E-state index is 0.0795. The Balaban J connectivity index is 1.93. The SMILES string of the molecule is COCC(=O)Nc1cccc(NC(C)C2CC2)c1. The minimum atomic E-state index is -0.134. The average molecular weight is 248 g/mol. The quantitative estimate of drug-likeness (QED) is 0.813. The van der Waals surface area contributed by atoms with Crippen LogP contribution < -0.4 is 10.6 Å². The number of hydrogen-bond donors (Lipinski definition) is 2. The topological polar surface area (TPSA) is 50.4 Å². The monoisotopic (exact) mass is 248 g/mol. The Kier molecular flexibility index (Phi) is 4.20. The van der Waals surface area contributed by atoms with Crippen LogP contribution >= 0.6 is 0 Å². The Morgan fingerprint density at radius 1 is 1.44 bits per heavy atom. The Hall–Kier alpha value is -1.55. The molecule has 0 heterocycles. The largest absolute Gasteiger partial charge is 0.382 e. The predicted octanol–water partition coefficient (Wildman–Crippen LogP) is 2.48. The zero-order valence-corrected chi connectivity index (χ0v) is 10.9. The molecule has 0 aromatic heterocycles. The summed E-state index contributed by atoms with van der Waals surface area (Å²) in [6.07, 6.45) is 2.64. The van der Waals surface area contributed by atoms with Crippen molar-refractivity contribution >= 4 is 17.3 Å². The summed E-state index contributed by atoms with van der Waals surface area (Å²) >= 11 is 0. The fourth-order valence-electron chi connectivity index (χ4n) is 1.99. The summed E-state index contributed by atoms with van der Waals surface area (Å²) < 4.78 is 4.78. The summed E-state index contributed by atoms with van der Waals surface area (Å²) in [7, 11) is 1.51. The Labute approximate surface area is 108 Å². The van der Waals surface area contributed by atoms with Crippen molar-refractivity contribution in [3.8, 4) is 0 Å². The first-order valence-corrected chi connectivity index (χ1v) is 6.34. The van der Waals surface area contributed by atoms with Gasteiger partial charge in [0.15, 0.2) is 0 Å². The van der Waals surface area contributed by atoms with Gasteiger partial charge in [0.2, 0.25) is 5.91 Å². The molecule has 4 nitrogen and oxygen atoms in total. The molecule has 4 heteroatoms. The summed E-state index contributed by atoms with van der Waals surface area (Å²) in [5.41, 5.74) is 1.84. The number of nitrogens with one attached hydrogen (secondary N) is 2. The highest BCUT2D eigenvalue weighted by Crippen LogP contribution is 2.34. The fraction of sp³-hybridized carbons (Fsp3) is 0.500. The number of carbonyl (C=O) groups is 1. The van der Waals surface area contributed by atoms with E-state index in [0.717, 1.165) is 17.3 Å². The summed E-state index contributed by atoms with van der Waals surface area (Å²) in [6.45, 7) is 2.28. The Morgan fingerprint density at radius 3 is 2.83 bits per heavy atom. The Morgan fingerprint density at radius 2 is 2.17 bits per heavy atom. The summed E-state index contributed by atoms with van der Waals surface area (Å²) in [4.78, 5) is 11.4. The molecule has 1 amide bonds. The van der Waals surface area contributed by atoms with Crippen molar-refractivity contribution in [3.05, 3.63) is 24.3 Å². The third-order valence-electron chi connectivity index (χ3n) is 3.15. The van der Waals surface area contributed by atoms with Crippen molar-refractivity contribution in [2.45, 2.75) is 25.8 Å². The van der Waals surface area contributed by atoms with Crippen LogP contribution in [0.2, 0.25) is 0 Å². The van der Waals surface area contributed by atoms with E-state index < -0.39 is 0 Å². The average Bonchev–Trinajstić information content (AvgIpc) is 3.13. The van der Waals surface area contributed by atoms with Crippen LogP contribution in [0.25, 0.3) is 0 Å². The molecule has 1 saturated carbocycles. The lowest BCUT2D eigenvalue weighted by atomic mass is 10.2. The molecule has 98 valence electrons. The third kappa shape index (κ3) is 3.74. The van der Waals surface area contributed by atoms with Gasteiger partial charge in [0.25, 0.3) is 0 Å². The van der Waals surface area contributed by atoms with Crippen LogP contribution in [0.1, 0.15) is 19.8 Å². The van der Waals surface area contributed by atoms with E-state index in [1.807, 2.05) is 24.3 Å². The molecule has 0 saturated heterocycles. The third-order valence-corrected chi connectivity index (χ3v) is 3.15. The van der Waals surface area contributed by atoms with Crippen molar-refractivity contribution in [3.63, 3.8) is 0 Å². The number of anilines is 2. The van der Waals surface area contributed by atoms with Gasteiger partial charge in [0.1, 0.15) is 6.61 Å². The molecule has 1 aliphatic carbocycles. The van der Waals surface area contributed by atoms with E-state index >= 15 is 0 Å².